The van der Waals surface area contributed by atoms with Crippen molar-refractivity contribution >= 4 is 38.0 Å². The van der Waals surface area contributed by atoms with Crippen LogP contribution in [0.4, 0.5) is 14.5 Å². The van der Waals surface area contributed by atoms with Crippen LogP contribution in [0.2, 0.25) is 0 Å². The highest BCUT2D eigenvalue weighted by Gasteiger charge is 2.24. The summed E-state index contributed by atoms with van der Waals surface area (Å²) in [4.78, 5) is 2.91. The lowest BCUT2D eigenvalue weighted by Gasteiger charge is -2.26. The molecule has 0 spiro atoms. The van der Waals surface area contributed by atoms with E-state index in [1.54, 1.807) is 48.0 Å². The number of alkyl halides is 2. The number of rotatable bonds is 11. The van der Waals surface area contributed by atoms with Gasteiger partial charge in [-0.05, 0) is 47.7 Å². The Balaban J connectivity index is 1.41. The summed E-state index contributed by atoms with van der Waals surface area (Å²) < 4.78 is 57.5. The molecule has 0 bridgehead atoms. The molecule has 0 unspecified atom stereocenters. The van der Waals surface area contributed by atoms with Crippen molar-refractivity contribution in [3.8, 4) is 5.75 Å². The van der Waals surface area contributed by atoms with Gasteiger partial charge in [-0.3, -0.25) is 10.0 Å². The molecule has 0 aliphatic carbocycles. The zero-order chi connectivity index (χ0) is 25.9. The molecule has 36 heavy (non-hydrogen) atoms. The molecule has 0 aliphatic heterocycles. The topological polar surface area (TPSA) is 124 Å². The van der Waals surface area contributed by atoms with Crippen LogP contribution in [0.15, 0.2) is 70.4 Å². The zero-order valence-corrected chi connectivity index (χ0v) is 20.7. The van der Waals surface area contributed by atoms with Crippen molar-refractivity contribution in [2.75, 3.05) is 11.3 Å². The molecule has 0 saturated heterocycles. The summed E-state index contributed by atoms with van der Waals surface area (Å²) in [5, 5.41) is 26.8. The number of aromatic nitrogens is 1. The van der Waals surface area contributed by atoms with Crippen LogP contribution in [0, 0.1) is 0 Å². The van der Waals surface area contributed by atoms with Gasteiger partial charge in [-0.25, -0.2) is 8.42 Å². The van der Waals surface area contributed by atoms with Gasteiger partial charge in [0.2, 0.25) is 0 Å². The fourth-order valence-corrected chi connectivity index (χ4v) is 5.87. The number of fused-ring (bicyclic) bond motifs is 1. The first-order valence-corrected chi connectivity index (χ1v) is 13.3. The molecule has 0 saturated carbocycles. The Hall–Kier alpha value is -3.03. The molecule has 0 radical (unpaired) electrons. The minimum Gasteiger partial charge on any atom is -0.433 e. The van der Waals surface area contributed by atoms with Crippen LogP contribution < -0.4 is 14.8 Å². The summed E-state index contributed by atoms with van der Waals surface area (Å²) in [6, 6.07) is 14.3. The summed E-state index contributed by atoms with van der Waals surface area (Å²) in [7, 11) is -3.73. The molecule has 0 fully saturated rings. The number of sulfonamides is 1. The molecule has 2 aromatic carbocycles. The van der Waals surface area contributed by atoms with Gasteiger partial charge < -0.3 is 19.9 Å². The van der Waals surface area contributed by atoms with Crippen molar-refractivity contribution in [3.05, 3.63) is 77.3 Å². The van der Waals surface area contributed by atoms with Crippen LogP contribution in [0.25, 0.3) is 10.9 Å². The van der Waals surface area contributed by atoms with Gasteiger partial charge >= 0.3 is 6.61 Å². The predicted molar refractivity (Wildman–Crippen MR) is 134 cm³/mol. The van der Waals surface area contributed by atoms with Crippen molar-refractivity contribution in [2.45, 2.75) is 36.0 Å². The Labute approximate surface area is 210 Å². The molecule has 2 heterocycles. The largest absolute Gasteiger partial charge is 0.433 e. The van der Waals surface area contributed by atoms with Gasteiger partial charge in [-0.2, -0.15) is 8.78 Å². The number of nitrogens with one attached hydrogen (secondary N) is 3. The Bertz CT molecular complexity index is 1420. The third kappa shape index (κ3) is 6.20. The lowest BCUT2D eigenvalue weighted by atomic mass is 10.0. The van der Waals surface area contributed by atoms with E-state index in [4.69, 9.17) is 0 Å². The third-order valence-electron chi connectivity index (χ3n) is 5.47. The maximum absolute atomic E-state index is 12.7. The predicted octanol–water partition coefficient (Wildman–Crippen LogP) is 4.21. The Morgan fingerprint density at radius 2 is 1.94 bits per heavy atom. The highest BCUT2D eigenvalue weighted by molar-refractivity contribution is 7.94. The van der Waals surface area contributed by atoms with Gasteiger partial charge in [0.15, 0.2) is 0 Å². The maximum Gasteiger partial charge on any atom is 0.387 e. The normalized spacial score (nSPS) is 14.6. The summed E-state index contributed by atoms with van der Waals surface area (Å²) >= 11 is 1.10. The van der Waals surface area contributed by atoms with Crippen LogP contribution in [0.3, 0.4) is 0 Å². The second-order valence-corrected chi connectivity index (χ2v) is 11.2. The minimum absolute atomic E-state index is 0.00589. The molecule has 8 nitrogen and oxygen atoms in total. The number of para-hydroxylation sites is 1. The molecule has 2 atom stereocenters. The number of ether oxygens (including phenoxy) is 1. The van der Waals surface area contributed by atoms with E-state index in [1.165, 1.54) is 25.1 Å². The van der Waals surface area contributed by atoms with E-state index in [1.807, 2.05) is 0 Å². The Morgan fingerprint density at radius 1 is 1.17 bits per heavy atom. The van der Waals surface area contributed by atoms with E-state index >= 15 is 0 Å². The monoisotopic (exact) mass is 537 g/mol. The number of benzene rings is 2. The number of hydrogen-bond donors (Lipinski definition) is 5. The van der Waals surface area contributed by atoms with Gasteiger partial charge in [0.05, 0.1) is 11.6 Å². The number of halogens is 2. The van der Waals surface area contributed by atoms with Crippen LogP contribution in [0.5, 0.6) is 5.75 Å². The second kappa shape index (κ2) is 10.5. The lowest BCUT2D eigenvalue weighted by Crippen LogP contribution is -2.46. The van der Waals surface area contributed by atoms with Gasteiger partial charge in [-0.1, -0.05) is 30.3 Å². The third-order valence-corrected chi connectivity index (χ3v) is 8.25. The lowest BCUT2D eigenvalue weighted by molar-refractivity contribution is -0.0489. The van der Waals surface area contributed by atoms with Gasteiger partial charge in [0.25, 0.3) is 10.0 Å². The number of thiophene rings is 1. The fourth-order valence-electron chi connectivity index (χ4n) is 3.82. The first-order valence-electron chi connectivity index (χ1n) is 10.9. The van der Waals surface area contributed by atoms with Crippen molar-refractivity contribution in [3.63, 3.8) is 0 Å². The average molecular weight is 538 g/mol. The first kappa shape index (κ1) is 26.0. The first-order chi connectivity index (χ1) is 17.0. The van der Waals surface area contributed by atoms with E-state index in [-0.39, 0.29) is 22.9 Å². The molecule has 2 aromatic heterocycles. The van der Waals surface area contributed by atoms with Crippen molar-refractivity contribution in [1.82, 2.24) is 10.3 Å². The maximum atomic E-state index is 12.7. The smallest absolute Gasteiger partial charge is 0.387 e. The van der Waals surface area contributed by atoms with E-state index < -0.39 is 28.5 Å². The molecule has 12 heteroatoms. The van der Waals surface area contributed by atoms with Crippen LogP contribution >= 0.6 is 11.3 Å². The molecule has 0 aliphatic rings. The molecular formula is C24H25F2N3O5S2. The quantitative estimate of drug-likeness (QED) is 0.183. The number of H-pyrrole nitrogens is 1. The second-order valence-electron chi connectivity index (χ2n) is 8.38. The Kier molecular flexibility index (Phi) is 7.62. The highest BCUT2D eigenvalue weighted by Crippen LogP contribution is 2.30. The molecule has 0 amide bonds. The van der Waals surface area contributed by atoms with Gasteiger partial charge in [0.1, 0.15) is 15.7 Å². The van der Waals surface area contributed by atoms with Crippen LogP contribution in [0.1, 0.15) is 24.2 Å². The van der Waals surface area contributed by atoms with E-state index in [2.05, 4.69) is 19.8 Å². The Morgan fingerprint density at radius 3 is 2.67 bits per heavy atom. The van der Waals surface area contributed by atoms with E-state index in [0.717, 1.165) is 11.3 Å². The number of hydrogen-bond acceptors (Lipinski definition) is 7. The summed E-state index contributed by atoms with van der Waals surface area (Å²) in [6.07, 6.45) is 0.675. The summed E-state index contributed by atoms with van der Waals surface area (Å²) in [5.41, 5.74) is 0.360. The number of aliphatic hydroxyl groups is 2. The van der Waals surface area contributed by atoms with E-state index in [9.17, 15) is 27.4 Å². The molecule has 4 aromatic rings. The summed E-state index contributed by atoms with van der Waals surface area (Å²) in [5.74, 6) is 0.00589. The molecular weight excluding hydrogens is 512 g/mol. The highest BCUT2D eigenvalue weighted by atomic mass is 32.2. The standard InChI is InChI=1S/C24H25F2N3O5S2/c1-24(31,12-16-13-27-22-18(16)7-3-8-20(22)34-23(25)26)28-14-19(30)15-5-2-6-17(11-15)29-36(32,33)21-9-4-10-35-21/h2-11,13,19,23,27-31H,12,14H2,1H3/t19-,24-/m0/s1. The number of anilines is 1. The van der Waals surface area contributed by atoms with Crippen molar-refractivity contribution in [1.29, 1.82) is 0 Å². The van der Waals surface area contributed by atoms with Crippen LogP contribution in [-0.4, -0.2) is 42.5 Å². The van der Waals surface area contributed by atoms with Gasteiger partial charge in [0, 0.05) is 30.2 Å². The fraction of sp³-hybridized carbons (Fsp3) is 0.250. The van der Waals surface area contributed by atoms with Gasteiger partial charge in [-0.15, -0.1) is 11.3 Å². The minimum atomic E-state index is -3.73. The van der Waals surface area contributed by atoms with E-state index in [0.29, 0.717) is 27.7 Å². The average Bonchev–Trinajstić information content (AvgIpc) is 3.49. The number of aromatic amines is 1. The molecule has 4 rings (SSSR count). The van der Waals surface area contributed by atoms with Crippen LogP contribution in [-0.2, 0) is 16.4 Å². The SMILES string of the molecule is C[C@](O)(Cc1c[nH]c2c(OC(F)F)cccc12)NC[C@H](O)c1cccc(NS(=O)(=O)c2cccs2)c1. The molecule has 5 N–H and O–H groups in total. The summed E-state index contributed by atoms with van der Waals surface area (Å²) in [6.45, 7) is -1.46. The van der Waals surface area contributed by atoms with Crippen molar-refractivity contribution in [2.24, 2.45) is 0 Å². The number of aliphatic hydroxyl groups excluding tert-OH is 1. The zero-order valence-electron chi connectivity index (χ0n) is 19.1. The molecule has 192 valence electrons. The van der Waals surface area contributed by atoms with Crippen molar-refractivity contribution < 1.29 is 32.1 Å².